The van der Waals surface area contributed by atoms with Gasteiger partial charge >= 0.3 is 0 Å². The van der Waals surface area contributed by atoms with Crippen LogP contribution >= 0.6 is 0 Å². The third kappa shape index (κ3) is 3.63. The first kappa shape index (κ1) is 15.8. The number of ether oxygens (including phenoxy) is 1. The third-order valence-electron chi connectivity index (χ3n) is 3.33. The molecule has 0 amide bonds. The maximum atomic E-state index is 13.2. The van der Waals surface area contributed by atoms with Crippen LogP contribution in [0.4, 0.5) is 8.78 Å². The molecule has 5 heteroatoms. The van der Waals surface area contributed by atoms with Gasteiger partial charge in [-0.3, -0.25) is 4.79 Å². The van der Waals surface area contributed by atoms with Crippen LogP contribution in [0.25, 0.3) is 11.3 Å². The van der Waals surface area contributed by atoms with E-state index in [-0.39, 0.29) is 11.5 Å². The van der Waals surface area contributed by atoms with Gasteiger partial charge in [-0.25, -0.2) is 13.8 Å². The molecule has 0 saturated heterocycles. The number of benzene rings is 2. The summed E-state index contributed by atoms with van der Waals surface area (Å²) in [5, 5.41) is 0. The molecule has 0 saturated carbocycles. The molecule has 0 aliphatic heterocycles. The van der Waals surface area contributed by atoms with Crippen LogP contribution in [-0.4, -0.2) is 10.8 Å². The largest absolute Gasteiger partial charge is 0.457 e. The van der Waals surface area contributed by atoms with E-state index in [0.717, 1.165) is 23.8 Å². The Kier molecular flexibility index (Phi) is 4.33. The van der Waals surface area contributed by atoms with Gasteiger partial charge in [0.05, 0.1) is 5.69 Å². The standard InChI is InChI=1S/C19H13F2NO2/c1-12(23)18-3-2-4-19(22-18)13-5-7-16(8-6-13)24-17-10-14(20)9-15(21)11-17/h2-11H,1H3/i20-1. The molecule has 3 rings (SSSR count). The van der Waals surface area contributed by atoms with Gasteiger partial charge in [0.1, 0.15) is 28.8 Å². The quantitative estimate of drug-likeness (QED) is 0.632. The minimum Gasteiger partial charge on any atom is -0.457 e. The first-order valence-electron chi connectivity index (χ1n) is 7.23. The molecule has 3 aromatic rings. The van der Waals surface area contributed by atoms with E-state index < -0.39 is 11.6 Å². The number of carbonyl (C=O) groups excluding carboxylic acids is 1. The zero-order valence-electron chi connectivity index (χ0n) is 12.8. The fourth-order valence-electron chi connectivity index (χ4n) is 2.21. The minimum atomic E-state index is -0.702. The number of pyridine rings is 1. The Morgan fingerprint density at radius 2 is 1.58 bits per heavy atom. The number of carbonyl (C=O) groups is 1. The van der Waals surface area contributed by atoms with Crippen molar-refractivity contribution >= 4 is 5.78 Å². The van der Waals surface area contributed by atoms with E-state index in [2.05, 4.69) is 4.98 Å². The Balaban J connectivity index is 1.83. The summed E-state index contributed by atoms with van der Waals surface area (Å²) >= 11 is 0. The minimum absolute atomic E-state index is 0.0805. The fraction of sp³-hybridized carbons (Fsp3) is 0.0526. The number of ketones is 1. The molecule has 0 aliphatic rings. The van der Waals surface area contributed by atoms with Gasteiger partial charge in [-0.15, -0.1) is 0 Å². The lowest BCUT2D eigenvalue weighted by molar-refractivity contribution is 0.101. The monoisotopic (exact) mass is 324 g/mol. The molecule has 2 aromatic carbocycles. The molecule has 1 heterocycles. The van der Waals surface area contributed by atoms with Gasteiger partial charge in [0.15, 0.2) is 5.78 Å². The number of Topliss-reactive ketones (excluding diaryl/α,β-unsaturated/α-hetero) is 1. The van der Waals surface area contributed by atoms with E-state index in [0.29, 0.717) is 17.1 Å². The molecule has 0 N–H and O–H groups in total. The molecule has 120 valence electrons. The van der Waals surface area contributed by atoms with Crippen LogP contribution in [0, 0.1) is 11.6 Å². The summed E-state index contributed by atoms with van der Waals surface area (Å²) in [6.45, 7) is 1.46. The first-order chi connectivity index (χ1) is 11.5. The van der Waals surface area contributed by atoms with Crippen molar-refractivity contribution in [2.45, 2.75) is 6.92 Å². The van der Waals surface area contributed by atoms with Gasteiger partial charge in [0.2, 0.25) is 0 Å². The van der Waals surface area contributed by atoms with E-state index in [9.17, 15) is 13.6 Å². The maximum Gasteiger partial charge on any atom is 0.178 e. The zero-order valence-corrected chi connectivity index (χ0v) is 12.8. The van der Waals surface area contributed by atoms with E-state index in [1.165, 1.54) is 6.92 Å². The summed E-state index contributed by atoms with van der Waals surface area (Å²) < 4.78 is 31.8. The summed E-state index contributed by atoms with van der Waals surface area (Å²) in [6.07, 6.45) is 0. The van der Waals surface area contributed by atoms with Crippen LogP contribution in [-0.2, 0) is 0 Å². The first-order valence-corrected chi connectivity index (χ1v) is 7.23. The number of hydrogen-bond acceptors (Lipinski definition) is 3. The van der Waals surface area contributed by atoms with E-state index in [1.807, 2.05) is 0 Å². The van der Waals surface area contributed by atoms with E-state index in [4.69, 9.17) is 4.74 Å². The molecule has 0 aliphatic carbocycles. The van der Waals surface area contributed by atoms with Gasteiger partial charge < -0.3 is 4.74 Å². The molecule has 3 nitrogen and oxygen atoms in total. The van der Waals surface area contributed by atoms with Crippen LogP contribution < -0.4 is 4.74 Å². The van der Waals surface area contributed by atoms with Crippen LogP contribution in [0.15, 0.2) is 60.7 Å². The highest BCUT2D eigenvalue weighted by molar-refractivity contribution is 5.92. The van der Waals surface area contributed by atoms with Crippen LogP contribution in [0.1, 0.15) is 17.4 Å². The summed E-state index contributed by atoms with van der Waals surface area (Å²) in [7, 11) is 0. The van der Waals surface area contributed by atoms with Crippen molar-refractivity contribution in [2.75, 3.05) is 0 Å². The Morgan fingerprint density at radius 1 is 0.917 bits per heavy atom. The topological polar surface area (TPSA) is 39.2 Å². The maximum absolute atomic E-state index is 13.2. The van der Waals surface area contributed by atoms with Gasteiger partial charge in [0.25, 0.3) is 0 Å². The summed E-state index contributed by atoms with van der Waals surface area (Å²) in [5.41, 5.74) is 1.85. The Bertz CT molecular complexity index is 872. The summed E-state index contributed by atoms with van der Waals surface area (Å²) in [4.78, 5) is 15.7. The molecule has 24 heavy (non-hydrogen) atoms. The molecule has 1 aromatic heterocycles. The van der Waals surface area contributed by atoms with Gasteiger partial charge in [-0.05, 0) is 36.4 Å². The average molecular weight is 324 g/mol. The molecular weight excluding hydrogens is 311 g/mol. The molecular formula is C19H13F2NO2. The summed E-state index contributed by atoms with van der Waals surface area (Å²) in [6, 6.07) is 15.1. The van der Waals surface area contributed by atoms with Crippen molar-refractivity contribution in [2.24, 2.45) is 0 Å². The molecule has 0 radical (unpaired) electrons. The van der Waals surface area contributed by atoms with Gasteiger partial charge in [-0.2, -0.15) is 0 Å². The molecule has 0 spiro atoms. The highest BCUT2D eigenvalue weighted by Crippen LogP contribution is 2.26. The molecule has 0 fully saturated rings. The van der Waals surface area contributed by atoms with Crippen molar-refractivity contribution < 1.29 is 18.3 Å². The van der Waals surface area contributed by atoms with Crippen LogP contribution in [0.3, 0.4) is 0 Å². The van der Waals surface area contributed by atoms with Crippen LogP contribution in [0.2, 0.25) is 0 Å². The lowest BCUT2D eigenvalue weighted by Crippen LogP contribution is -1.97. The summed E-state index contributed by atoms with van der Waals surface area (Å²) in [5.74, 6) is -0.993. The second-order valence-electron chi connectivity index (χ2n) is 5.20. The highest BCUT2D eigenvalue weighted by Gasteiger charge is 2.06. The van der Waals surface area contributed by atoms with Crippen molar-refractivity contribution in [1.82, 2.24) is 4.98 Å². The molecule has 0 atom stereocenters. The SMILES string of the molecule is CC(=O)c1cccc(-c2ccc(Oc3cc(F)cc([18F])c3)cc2)n1. The second kappa shape index (κ2) is 6.58. The third-order valence-corrected chi connectivity index (χ3v) is 3.33. The van der Waals surface area contributed by atoms with Crippen molar-refractivity contribution in [3.8, 4) is 22.8 Å². The average Bonchev–Trinajstić information content (AvgIpc) is 2.54. The van der Waals surface area contributed by atoms with Gasteiger partial charge in [-0.1, -0.05) is 6.07 Å². The van der Waals surface area contributed by atoms with Crippen LogP contribution in [0.5, 0.6) is 11.5 Å². The number of aromatic nitrogens is 1. The number of halogens is 2. The van der Waals surface area contributed by atoms with Crippen molar-refractivity contribution in [1.29, 1.82) is 0 Å². The lowest BCUT2D eigenvalue weighted by atomic mass is 10.1. The Morgan fingerprint density at radius 3 is 2.21 bits per heavy atom. The fourth-order valence-corrected chi connectivity index (χ4v) is 2.21. The smallest absolute Gasteiger partial charge is 0.178 e. The Labute approximate surface area is 137 Å². The van der Waals surface area contributed by atoms with E-state index >= 15 is 0 Å². The normalized spacial score (nSPS) is 10.5. The molecule has 0 bridgehead atoms. The van der Waals surface area contributed by atoms with Gasteiger partial charge in [0, 0.05) is 30.7 Å². The highest BCUT2D eigenvalue weighted by atomic mass is 19.1. The number of nitrogens with zero attached hydrogens (tertiary/aromatic N) is 1. The second-order valence-corrected chi connectivity index (χ2v) is 5.20. The lowest BCUT2D eigenvalue weighted by Gasteiger charge is -2.07. The predicted octanol–water partition coefficient (Wildman–Crippen LogP) is 5.02. The van der Waals surface area contributed by atoms with Crippen molar-refractivity contribution in [3.63, 3.8) is 0 Å². The number of hydrogen-bond donors (Lipinski definition) is 0. The Hall–Kier alpha value is -3.08. The number of rotatable bonds is 4. The molecule has 0 unspecified atom stereocenters. The van der Waals surface area contributed by atoms with E-state index in [1.54, 1.807) is 42.5 Å². The predicted molar refractivity (Wildman–Crippen MR) is 86.1 cm³/mol. The van der Waals surface area contributed by atoms with Crippen molar-refractivity contribution in [3.05, 3.63) is 78.0 Å². The zero-order chi connectivity index (χ0) is 17.1.